The van der Waals surface area contributed by atoms with Crippen LogP contribution in [-0.4, -0.2) is 6.18 Å². The average Bonchev–Trinajstić information content (AvgIpc) is 2.13. The van der Waals surface area contributed by atoms with Crippen molar-refractivity contribution in [2.24, 2.45) is 5.73 Å². The van der Waals surface area contributed by atoms with Crippen molar-refractivity contribution < 1.29 is 22.0 Å². The fraction of sp³-hybridized carbons (Fsp3) is 0.400. The summed E-state index contributed by atoms with van der Waals surface area (Å²) in [6.45, 7) is 0. The normalized spacial score (nSPS) is 13.1. The minimum absolute atomic E-state index is 0. The van der Waals surface area contributed by atoms with Crippen LogP contribution in [-0.2, 0) is 0 Å². The number of benzene rings is 1. The molecular weight excluding hydrogens is 265 g/mol. The number of hydrogen-bond donors (Lipinski definition) is 1. The van der Waals surface area contributed by atoms with E-state index in [9.17, 15) is 22.0 Å². The van der Waals surface area contributed by atoms with E-state index in [4.69, 9.17) is 5.73 Å². The molecule has 1 aromatic rings. The molecule has 0 saturated carbocycles. The van der Waals surface area contributed by atoms with Gasteiger partial charge in [0, 0.05) is 24.1 Å². The summed E-state index contributed by atoms with van der Waals surface area (Å²) in [5.74, 6) is -1.71. The van der Waals surface area contributed by atoms with Gasteiger partial charge in [-0.15, -0.1) is 12.4 Å². The molecule has 0 aliphatic carbocycles. The second-order valence-electron chi connectivity index (χ2n) is 3.43. The van der Waals surface area contributed by atoms with Crippen LogP contribution in [0.15, 0.2) is 18.2 Å². The second-order valence-corrected chi connectivity index (χ2v) is 3.43. The molecule has 98 valence electrons. The lowest BCUT2D eigenvalue weighted by Gasteiger charge is -2.14. The molecule has 2 N–H and O–H groups in total. The van der Waals surface area contributed by atoms with E-state index in [1.54, 1.807) is 0 Å². The lowest BCUT2D eigenvalue weighted by atomic mass is 10.0. The molecule has 0 fully saturated rings. The molecule has 1 nitrogen and oxygen atoms in total. The lowest BCUT2D eigenvalue weighted by Crippen LogP contribution is -2.17. The van der Waals surface area contributed by atoms with Gasteiger partial charge in [0.15, 0.2) is 0 Å². The summed E-state index contributed by atoms with van der Waals surface area (Å²) in [5.41, 5.74) is 5.28. The molecule has 1 rings (SSSR count). The summed E-state index contributed by atoms with van der Waals surface area (Å²) < 4.78 is 61.3. The van der Waals surface area contributed by atoms with Crippen LogP contribution in [0.25, 0.3) is 0 Å². The maximum Gasteiger partial charge on any atom is 0.389 e. The smallest absolute Gasteiger partial charge is 0.324 e. The molecule has 0 radical (unpaired) electrons. The van der Waals surface area contributed by atoms with Crippen molar-refractivity contribution in [2.75, 3.05) is 0 Å². The van der Waals surface area contributed by atoms with Crippen LogP contribution in [0.3, 0.4) is 0 Å². The van der Waals surface area contributed by atoms with Gasteiger partial charge in [-0.25, -0.2) is 8.78 Å². The number of nitrogens with two attached hydrogens (primary N) is 1. The topological polar surface area (TPSA) is 26.0 Å². The predicted molar refractivity (Wildman–Crippen MR) is 55.8 cm³/mol. The van der Waals surface area contributed by atoms with Crippen molar-refractivity contribution >= 4 is 12.4 Å². The number of hydrogen-bond acceptors (Lipinski definition) is 1. The Morgan fingerprint density at radius 1 is 1.18 bits per heavy atom. The highest BCUT2D eigenvalue weighted by molar-refractivity contribution is 5.85. The highest BCUT2D eigenvalue weighted by atomic mass is 35.5. The van der Waals surface area contributed by atoms with Gasteiger partial charge < -0.3 is 5.73 Å². The Kier molecular flexibility index (Phi) is 5.84. The van der Waals surface area contributed by atoms with Gasteiger partial charge >= 0.3 is 6.18 Å². The van der Waals surface area contributed by atoms with Crippen molar-refractivity contribution in [1.82, 2.24) is 0 Å². The first-order chi connectivity index (χ1) is 7.29. The third kappa shape index (κ3) is 5.32. The molecule has 0 amide bonds. The van der Waals surface area contributed by atoms with Crippen LogP contribution < -0.4 is 5.73 Å². The van der Waals surface area contributed by atoms with E-state index in [1.807, 2.05) is 0 Å². The first-order valence-corrected chi connectivity index (χ1v) is 4.57. The SMILES string of the molecule is Cl.N[C@@H](CCC(F)(F)F)c1ccc(F)cc1F. The Labute approximate surface area is 101 Å². The van der Waals surface area contributed by atoms with Crippen LogP contribution in [0.2, 0.25) is 0 Å². The Balaban J connectivity index is 0.00000256. The maximum absolute atomic E-state index is 13.1. The van der Waals surface area contributed by atoms with Gasteiger partial charge in [0.05, 0.1) is 0 Å². The minimum atomic E-state index is -4.33. The highest BCUT2D eigenvalue weighted by Crippen LogP contribution is 2.27. The number of rotatable bonds is 3. The molecule has 1 atom stereocenters. The van der Waals surface area contributed by atoms with E-state index in [1.165, 1.54) is 0 Å². The third-order valence-corrected chi connectivity index (χ3v) is 2.10. The van der Waals surface area contributed by atoms with E-state index in [-0.39, 0.29) is 18.0 Å². The fourth-order valence-electron chi connectivity index (χ4n) is 1.28. The average molecular weight is 276 g/mol. The number of halogens is 6. The van der Waals surface area contributed by atoms with Crippen molar-refractivity contribution in [3.63, 3.8) is 0 Å². The van der Waals surface area contributed by atoms with Gasteiger partial charge in [0.25, 0.3) is 0 Å². The Morgan fingerprint density at radius 2 is 1.76 bits per heavy atom. The molecular formula is C10H11ClF5N. The van der Waals surface area contributed by atoms with Crippen molar-refractivity contribution in [1.29, 1.82) is 0 Å². The highest BCUT2D eigenvalue weighted by Gasteiger charge is 2.28. The summed E-state index contributed by atoms with van der Waals surface area (Å²) in [4.78, 5) is 0. The Hall–Kier alpha value is -0.880. The van der Waals surface area contributed by atoms with Crippen LogP contribution in [0.4, 0.5) is 22.0 Å². The molecule has 17 heavy (non-hydrogen) atoms. The molecule has 1 aromatic carbocycles. The van der Waals surface area contributed by atoms with Gasteiger partial charge in [0.2, 0.25) is 0 Å². The summed E-state index contributed by atoms with van der Waals surface area (Å²) in [7, 11) is 0. The van der Waals surface area contributed by atoms with E-state index >= 15 is 0 Å². The first-order valence-electron chi connectivity index (χ1n) is 4.57. The van der Waals surface area contributed by atoms with Crippen molar-refractivity contribution in [3.05, 3.63) is 35.4 Å². The lowest BCUT2D eigenvalue weighted by molar-refractivity contribution is -0.136. The van der Waals surface area contributed by atoms with E-state index in [2.05, 4.69) is 0 Å². The van der Waals surface area contributed by atoms with Crippen LogP contribution in [0.1, 0.15) is 24.4 Å². The maximum atomic E-state index is 13.1. The third-order valence-electron chi connectivity index (χ3n) is 2.10. The fourth-order valence-corrected chi connectivity index (χ4v) is 1.28. The molecule has 0 bridgehead atoms. The molecule has 0 aliphatic heterocycles. The largest absolute Gasteiger partial charge is 0.389 e. The second kappa shape index (κ2) is 6.16. The first kappa shape index (κ1) is 16.1. The quantitative estimate of drug-likeness (QED) is 0.836. The Bertz CT molecular complexity index is 366. The summed E-state index contributed by atoms with van der Waals surface area (Å²) in [5, 5.41) is 0. The van der Waals surface area contributed by atoms with E-state index in [0.717, 1.165) is 12.1 Å². The molecule has 0 aromatic heterocycles. The molecule has 0 saturated heterocycles. The molecule has 0 aliphatic rings. The van der Waals surface area contributed by atoms with Crippen molar-refractivity contribution in [2.45, 2.75) is 25.1 Å². The van der Waals surface area contributed by atoms with Crippen molar-refractivity contribution in [3.8, 4) is 0 Å². The zero-order chi connectivity index (χ0) is 12.3. The standard InChI is InChI=1S/C10H10F5N.ClH/c11-6-1-2-7(8(12)5-6)9(16)3-4-10(13,14)15;/h1-2,5,9H,3-4,16H2;1H/t9-;/m0./s1. The molecule has 0 heterocycles. The van der Waals surface area contributed by atoms with Crippen LogP contribution in [0.5, 0.6) is 0 Å². The van der Waals surface area contributed by atoms with Gasteiger partial charge in [0.1, 0.15) is 11.6 Å². The summed E-state index contributed by atoms with van der Waals surface area (Å²) in [6.07, 6.45) is -5.84. The van der Waals surface area contributed by atoms with E-state index < -0.39 is 36.7 Å². The zero-order valence-corrected chi connectivity index (χ0v) is 9.42. The van der Waals surface area contributed by atoms with Gasteiger partial charge in [-0.3, -0.25) is 0 Å². The number of alkyl halides is 3. The molecule has 7 heteroatoms. The van der Waals surface area contributed by atoms with Crippen LogP contribution >= 0.6 is 12.4 Å². The minimum Gasteiger partial charge on any atom is -0.324 e. The van der Waals surface area contributed by atoms with E-state index in [0.29, 0.717) is 6.07 Å². The predicted octanol–water partition coefficient (Wildman–Crippen LogP) is 3.73. The van der Waals surface area contributed by atoms with Gasteiger partial charge in [-0.2, -0.15) is 13.2 Å². The summed E-state index contributed by atoms with van der Waals surface area (Å²) in [6, 6.07) is 1.54. The van der Waals surface area contributed by atoms with Gasteiger partial charge in [-0.05, 0) is 12.5 Å². The van der Waals surface area contributed by atoms with Gasteiger partial charge in [-0.1, -0.05) is 6.07 Å². The Morgan fingerprint density at radius 3 is 2.24 bits per heavy atom. The van der Waals surface area contributed by atoms with Crippen LogP contribution in [0, 0.1) is 11.6 Å². The zero-order valence-electron chi connectivity index (χ0n) is 8.60. The molecule has 0 unspecified atom stereocenters. The monoisotopic (exact) mass is 275 g/mol. The molecule has 0 spiro atoms. The summed E-state index contributed by atoms with van der Waals surface area (Å²) >= 11 is 0.